The largest absolute Gasteiger partial charge is 0.352 e. The highest BCUT2D eigenvalue weighted by Crippen LogP contribution is 2.32. The summed E-state index contributed by atoms with van der Waals surface area (Å²) in [6.07, 6.45) is 3.11. The molecular formula is C19H22FN5O2S. The summed E-state index contributed by atoms with van der Waals surface area (Å²) in [7, 11) is 0. The number of benzene rings is 1. The van der Waals surface area contributed by atoms with Crippen LogP contribution in [-0.2, 0) is 16.1 Å². The van der Waals surface area contributed by atoms with Crippen molar-refractivity contribution in [3.63, 3.8) is 0 Å². The first-order valence-corrected chi connectivity index (χ1v) is 10.3. The Kier molecular flexibility index (Phi) is 5.52. The van der Waals surface area contributed by atoms with Gasteiger partial charge in [0, 0.05) is 32.6 Å². The molecule has 2 saturated heterocycles. The first-order chi connectivity index (χ1) is 13.6. The molecule has 9 heteroatoms. The number of hydrogen-bond donors (Lipinski definition) is 1. The minimum atomic E-state index is -0.306. The molecular weight excluding hydrogens is 381 g/mol. The predicted molar refractivity (Wildman–Crippen MR) is 105 cm³/mol. The van der Waals surface area contributed by atoms with Gasteiger partial charge in [0.15, 0.2) is 0 Å². The van der Waals surface area contributed by atoms with Crippen molar-refractivity contribution >= 4 is 33.4 Å². The van der Waals surface area contributed by atoms with E-state index < -0.39 is 0 Å². The lowest BCUT2D eigenvalue weighted by molar-refractivity contribution is -0.125. The van der Waals surface area contributed by atoms with Gasteiger partial charge in [-0.1, -0.05) is 23.5 Å². The maximum absolute atomic E-state index is 13.3. The fourth-order valence-corrected chi connectivity index (χ4v) is 4.57. The van der Waals surface area contributed by atoms with Crippen LogP contribution in [0.25, 0.3) is 0 Å². The van der Waals surface area contributed by atoms with E-state index in [9.17, 15) is 14.0 Å². The Bertz CT molecular complexity index is 874. The van der Waals surface area contributed by atoms with Crippen LogP contribution >= 0.6 is 11.3 Å². The Labute approximate surface area is 166 Å². The zero-order valence-electron chi connectivity index (χ0n) is 15.4. The normalized spacial score (nSPS) is 19.9. The van der Waals surface area contributed by atoms with Crippen LogP contribution < -0.4 is 15.1 Å². The highest BCUT2D eigenvalue weighted by molar-refractivity contribution is 7.19. The number of piperidine rings is 1. The van der Waals surface area contributed by atoms with Crippen molar-refractivity contribution in [1.29, 1.82) is 0 Å². The van der Waals surface area contributed by atoms with Gasteiger partial charge in [-0.3, -0.25) is 14.5 Å². The predicted octanol–water partition coefficient (Wildman–Crippen LogP) is 2.34. The number of halogens is 1. The van der Waals surface area contributed by atoms with Gasteiger partial charge >= 0.3 is 0 Å². The number of carbonyl (C=O) groups is 2. The van der Waals surface area contributed by atoms with E-state index in [-0.39, 0.29) is 23.5 Å². The van der Waals surface area contributed by atoms with Gasteiger partial charge in [0.2, 0.25) is 22.1 Å². The fraction of sp³-hybridized carbons (Fsp3) is 0.474. The third-order valence-corrected chi connectivity index (χ3v) is 6.13. The molecule has 2 aliphatic rings. The molecule has 0 unspecified atom stereocenters. The van der Waals surface area contributed by atoms with E-state index in [4.69, 9.17) is 0 Å². The van der Waals surface area contributed by atoms with Crippen LogP contribution in [0.4, 0.5) is 14.7 Å². The third-order valence-electron chi connectivity index (χ3n) is 5.13. The zero-order valence-corrected chi connectivity index (χ0v) is 16.3. The minimum absolute atomic E-state index is 0.0339. The highest BCUT2D eigenvalue weighted by Gasteiger charge is 2.30. The second-order valence-electron chi connectivity index (χ2n) is 7.15. The quantitative estimate of drug-likeness (QED) is 0.829. The number of aromatic nitrogens is 2. The van der Waals surface area contributed by atoms with Gasteiger partial charge < -0.3 is 10.2 Å². The summed E-state index contributed by atoms with van der Waals surface area (Å²) in [6, 6.07) is 6.24. The molecule has 7 nitrogen and oxygen atoms in total. The van der Waals surface area contributed by atoms with Gasteiger partial charge in [0.05, 0.1) is 5.92 Å². The molecule has 1 N–H and O–H groups in total. The van der Waals surface area contributed by atoms with E-state index in [1.807, 2.05) is 0 Å². The Morgan fingerprint density at radius 1 is 1.25 bits per heavy atom. The van der Waals surface area contributed by atoms with E-state index >= 15 is 0 Å². The minimum Gasteiger partial charge on any atom is -0.352 e. The smallest absolute Gasteiger partial charge is 0.228 e. The van der Waals surface area contributed by atoms with Crippen LogP contribution in [0, 0.1) is 11.7 Å². The van der Waals surface area contributed by atoms with Gasteiger partial charge in [0.1, 0.15) is 5.82 Å². The van der Waals surface area contributed by atoms with Crippen molar-refractivity contribution in [1.82, 2.24) is 15.5 Å². The summed E-state index contributed by atoms with van der Waals surface area (Å²) in [5, 5.41) is 12.7. The van der Waals surface area contributed by atoms with Crippen molar-refractivity contribution < 1.29 is 14.0 Å². The zero-order chi connectivity index (χ0) is 19.5. The average molecular weight is 403 g/mol. The van der Waals surface area contributed by atoms with Gasteiger partial charge in [-0.05, 0) is 37.0 Å². The summed E-state index contributed by atoms with van der Waals surface area (Å²) in [4.78, 5) is 28.2. The highest BCUT2D eigenvalue weighted by atomic mass is 32.1. The summed E-state index contributed by atoms with van der Waals surface area (Å²) in [5.41, 5.74) is 0.741. The van der Waals surface area contributed by atoms with Gasteiger partial charge in [0.25, 0.3) is 0 Å². The number of nitrogens with one attached hydrogen (secondary N) is 1. The van der Waals surface area contributed by atoms with Gasteiger partial charge in [-0.15, -0.1) is 10.2 Å². The summed E-state index contributed by atoms with van der Waals surface area (Å²) in [5.74, 6) is -0.397. The standard InChI is InChI=1S/C19H22FN5O2S/c20-15-6-1-4-13(10-15)11-21-17(27)14-5-2-8-24(12-14)18-22-23-19(28-18)25-9-3-7-16(25)26/h1,4,6,10,14H,2-3,5,7-9,11-12H2,(H,21,27)/t14-/m1/s1. The Morgan fingerprint density at radius 2 is 2.11 bits per heavy atom. The molecule has 0 aliphatic carbocycles. The van der Waals surface area contributed by atoms with E-state index in [0.717, 1.165) is 36.5 Å². The number of amides is 2. The summed E-state index contributed by atoms with van der Waals surface area (Å²) in [6.45, 7) is 2.39. The topological polar surface area (TPSA) is 78.4 Å². The van der Waals surface area contributed by atoms with Gasteiger partial charge in [-0.25, -0.2) is 4.39 Å². The Morgan fingerprint density at radius 3 is 2.89 bits per heavy atom. The second-order valence-corrected chi connectivity index (χ2v) is 8.08. The maximum atomic E-state index is 13.3. The number of carbonyl (C=O) groups excluding carboxylic acids is 2. The lowest BCUT2D eigenvalue weighted by atomic mass is 9.97. The monoisotopic (exact) mass is 403 g/mol. The lowest BCUT2D eigenvalue weighted by Crippen LogP contribution is -2.43. The molecule has 1 aromatic heterocycles. The van der Waals surface area contributed by atoms with Gasteiger partial charge in [-0.2, -0.15) is 0 Å². The van der Waals surface area contributed by atoms with Crippen LogP contribution in [0.1, 0.15) is 31.2 Å². The Hall–Kier alpha value is -2.55. The van der Waals surface area contributed by atoms with E-state index in [0.29, 0.717) is 31.2 Å². The molecule has 1 aromatic carbocycles. The van der Waals surface area contributed by atoms with Crippen molar-refractivity contribution in [2.75, 3.05) is 29.4 Å². The maximum Gasteiger partial charge on any atom is 0.228 e. The molecule has 2 amide bonds. The van der Waals surface area contributed by atoms with Crippen molar-refractivity contribution in [3.05, 3.63) is 35.6 Å². The van der Waals surface area contributed by atoms with Crippen molar-refractivity contribution in [2.24, 2.45) is 5.92 Å². The van der Waals surface area contributed by atoms with E-state index in [1.165, 1.54) is 23.5 Å². The molecule has 0 radical (unpaired) electrons. The molecule has 4 rings (SSSR count). The molecule has 2 aliphatic heterocycles. The number of anilines is 2. The van der Waals surface area contributed by atoms with Crippen LogP contribution in [0.15, 0.2) is 24.3 Å². The SMILES string of the molecule is O=C(NCc1cccc(F)c1)[C@@H]1CCCN(c2nnc(N3CCCC3=O)s2)C1. The van der Waals surface area contributed by atoms with Crippen LogP contribution in [0.5, 0.6) is 0 Å². The molecule has 0 spiro atoms. The molecule has 148 valence electrons. The first kappa shape index (κ1) is 18.8. The van der Waals surface area contributed by atoms with Crippen molar-refractivity contribution in [2.45, 2.75) is 32.2 Å². The summed E-state index contributed by atoms with van der Waals surface area (Å²) >= 11 is 1.40. The fourth-order valence-electron chi connectivity index (χ4n) is 3.64. The molecule has 1 atom stereocenters. The van der Waals surface area contributed by atoms with Crippen LogP contribution in [0.3, 0.4) is 0 Å². The average Bonchev–Trinajstić information content (AvgIpc) is 3.35. The first-order valence-electron chi connectivity index (χ1n) is 9.51. The number of hydrogen-bond acceptors (Lipinski definition) is 6. The molecule has 0 bridgehead atoms. The second kappa shape index (κ2) is 8.22. The number of rotatable bonds is 5. The van der Waals surface area contributed by atoms with Crippen LogP contribution in [-0.4, -0.2) is 41.6 Å². The van der Waals surface area contributed by atoms with E-state index in [1.54, 1.807) is 17.0 Å². The van der Waals surface area contributed by atoms with Crippen LogP contribution in [0.2, 0.25) is 0 Å². The van der Waals surface area contributed by atoms with E-state index in [2.05, 4.69) is 20.4 Å². The lowest BCUT2D eigenvalue weighted by Gasteiger charge is -2.31. The summed E-state index contributed by atoms with van der Waals surface area (Å²) < 4.78 is 13.3. The number of nitrogens with zero attached hydrogens (tertiary/aromatic N) is 4. The molecule has 3 heterocycles. The Balaban J connectivity index is 1.35. The van der Waals surface area contributed by atoms with Crippen molar-refractivity contribution in [3.8, 4) is 0 Å². The molecule has 28 heavy (non-hydrogen) atoms. The third kappa shape index (κ3) is 4.14. The molecule has 0 saturated carbocycles. The molecule has 2 fully saturated rings. The molecule has 2 aromatic rings.